The fraction of sp³-hybridized carbons (Fsp3) is 0.263. The summed E-state index contributed by atoms with van der Waals surface area (Å²) in [6.07, 6.45) is 4.61. The van der Waals surface area contributed by atoms with Crippen LogP contribution in [-0.4, -0.2) is 58.6 Å². The molecule has 0 bridgehead atoms. The lowest BCUT2D eigenvalue weighted by atomic mass is 10.1. The maximum Gasteiger partial charge on any atom is 0.328 e. The summed E-state index contributed by atoms with van der Waals surface area (Å²) in [7, 11) is 0. The maximum absolute atomic E-state index is 12.4. The van der Waals surface area contributed by atoms with E-state index in [1.807, 2.05) is 24.3 Å². The Hall–Kier alpha value is -3.82. The number of H-pyrrole nitrogens is 2. The number of imidazole rings is 1. The summed E-state index contributed by atoms with van der Waals surface area (Å²) in [6.45, 7) is 1.61. The van der Waals surface area contributed by atoms with E-state index >= 15 is 0 Å². The second-order valence-electron chi connectivity index (χ2n) is 6.89. The molecule has 10 nitrogen and oxygen atoms in total. The van der Waals surface area contributed by atoms with Gasteiger partial charge in [-0.2, -0.15) is 5.10 Å². The quantitative estimate of drug-likeness (QED) is 0.527. The number of aromatic nitrogens is 7. The zero-order valence-corrected chi connectivity index (χ0v) is 15.5. The van der Waals surface area contributed by atoms with Crippen molar-refractivity contribution in [3.8, 4) is 22.6 Å². The number of aromatic amines is 2. The summed E-state index contributed by atoms with van der Waals surface area (Å²) in [5.41, 5.74) is 3.06. The predicted molar refractivity (Wildman–Crippen MR) is 105 cm³/mol. The van der Waals surface area contributed by atoms with Crippen molar-refractivity contribution in [2.75, 3.05) is 13.1 Å². The van der Waals surface area contributed by atoms with Gasteiger partial charge in [-0.15, -0.1) is 0 Å². The van der Waals surface area contributed by atoms with E-state index < -0.39 is 0 Å². The second-order valence-corrected chi connectivity index (χ2v) is 6.89. The molecule has 0 spiro atoms. The molecule has 4 aromatic rings. The standard InChI is InChI=1S/C19H18N8O2/c28-15-2-1-7-26(15)8-9-27-18-17(24-19(27)29)20-10-14(23-18)12-3-5-13(6-4-12)16-21-11-22-25-16/h3-6,10-11H,1-2,7-9H2,(H,20,24,29)(H,21,22,25). The van der Waals surface area contributed by atoms with Crippen LogP contribution in [0, 0.1) is 0 Å². The van der Waals surface area contributed by atoms with E-state index in [9.17, 15) is 9.59 Å². The maximum atomic E-state index is 12.4. The molecule has 1 saturated heterocycles. The summed E-state index contributed by atoms with van der Waals surface area (Å²) in [5.74, 6) is 0.755. The van der Waals surface area contributed by atoms with Crippen molar-refractivity contribution in [1.82, 2.24) is 39.6 Å². The zero-order valence-electron chi connectivity index (χ0n) is 15.5. The average molecular weight is 390 g/mol. The monoisotopic (exact) mass is 390 g/mol. The number of fused-ring (bicyclic) bond motifs is 1. The van der Waals surface area contributed by atoms with Crippen LogP contribution in [0.4, 0.5) is 0 Å². The van der Waals surface area contributed by atoms with E-state index in [0.717, 1.165) is 24.1 Å². The van der Waals surface area contributed by atoms with E-state index in [2.05, 4.69) is 30.1 Å². The Morgan fingerprint density at radius 2 is 1.86 bits per heavy atom. The van der Waals surface area contributed by atoms with E-state index in [-0.39, 0.29) is 11.6 Å². The summed E-state index contributed by atoms with van der Waals surface area (Å²) in [4.78, 5) is 41.8. The van der Waals surface area contributed by atoms with Gasteiger partial charge >= 0.3 is 5.69 Å². The molecule has 10 heteroatoms. The normalized spacial score (nSPS) is 14.2. The zero-order chi connectivity index (χ0) is 19.8. The van der Waals surface area contributed by atoms with Crippen molar-refractivity contribution >= 4 is 17.2 Å². The Morgan fingerprint density at radius 1 is 1.03 bits per heavy atom. The molecule has 2 N–H and O–H groups in total. The summed E-state index contributed by atoms with van der Waals surface area (Å²) in [6, 6.07) is 7.65. The highest BCUT2D eigenvalue weighted by Gasteiger charge is 2.20. The Labute approximate surface area is 164 Å². The highest BCUT2D eigenvalue weighted by molar-refractivity contribution is 5.78. The molecule has 1 aromatic carbocycles. The minimum Gasteiger partial charge on any atom is -0.341 e. The molecule has 0 radical (unpaired) electrons. The summed E-state index contributed by atoms with van der Waals surface area (Å²) >= 11 is 0. The summed E-state index contributed by atoms with van der Waals surface area (Å²) < 4.78 is 1.54. The molecule has 1 amide bonds. The minimum atomic E-state index is -0.274. The molecule has 4 heterocycles. The van der Waals surface area contributed by atoms with Gasteiger partial charge in [0.2, 0.25) is 5.91 Å². The van der Waals surface area contributed by atoms with Crippen LogP contribution in [-0.2, 0) is 11.3 Å². The molecule has 1 aliphatic heterocycles. The van der Waals surface area contributed by atoms with Crippen molar-refractivity contribution in [2.24, 2.45) is 0 Å². The number of likely N-dealkylation sites (tertiary alicyclic amines) is 1. The predicted octanol–water partition coefficient (Wildman–Crippen LogP) is 1.19. The number of rotatable bonds is 5. The van der Waals surface area contributed by atoms with Crippen LogP contribution in [0.5, 0.6) is 0 Å². The third-order valence-corrected chi connectivity index (χ3v) is 5.10. The lowest BCUT2D eigenvalue weighted by molar-refractivity contribution is -0.127. The molecule has 1 aliphatic rings. The van der Waals surface area contributed by atoms with E-state index in [4.69, 9.17) is 0 Å². The first-order valence-electron chi connectivity index (χ1n) is 9.39. The molecule has 146 valence electrons. The summed E-state index contributed by atoms with van der Waals surface area (Å²) in [5, 5.41) is 6.76. The molecule has 0 atom stereocenters. The van der Waals surface area contributed by atoms with Gasteiger partial charge in [0.25, 0.3) is 0 Å². The van der Waals surface area contributed by atoms with Gasteiger partial charge in [0.15, 0.2) is 17.1 Å². The number of hydrogen-bond acceptors (Lipinski definition) is 6. The number of nitrogens with zero attached hydrogens (tertiary/aromatic N) is 6. The topological polar surface area (TPSA) is 125 Å². The highest BCUT2D eigenvalue weighted by Crippen LogP contribution is 2.22. The van der Waals surface area contributed by atoms with Crippen molar-refractivity contribution in [3.63, 3.8) is 0 Å². The number of nitrogens with one attached hydrogen (secondary N) is 2. The number of amides is 1. The van der Waals surface area contributed by atoms with Gasteiger partial charge < -0.3 is 4.90 Å². The van der Waals surface area contributed by atoms with E-state index in [1.165, 1.54) is 6.33 Å². The van der Waals surface area contributed by atoms with Crippen molar-refractivity contribution in [1.29, 1.82) is 0 Å². The first kappa shape index (κ1) is 17.3. The first-order valence-corrected chi connectivity index (χ1v) is 9.39. The highest BCUT2D eigenvalue weighted by atomic mass is 16.2. The Balaban J connectivity index is 1.45. The third-order valence-electron chi connectivity index (χ3n) is 5.10. The van der Waals surface area contributed by atoms with Crippen molar-refractivity contribution in [2.45, 2.75) is 19.4 Å². The van der Waals surface area contributed by atoms with Gasteiger partial charge in [-0.25, -0.2) is 19.7 Å². The lowest BCUT2D eigenvalue weighted by Gasteiger charge is -2.15. The second kappa shape index (κ2) is 6.97. The van der Waals surface area contributed by atoms with Gasteiger partial charge in [-0.3, -0.25) is 19.4 Å². The lowest BCUT2D eigenvalue weighted by Crippen LogP contribution is -2.31. The van der Waals surface area contributed by atoms with Crippen LogP contribution in [0.1, 0.15) is 12.8 Å². The Kier molecular flexibility index (Phi) is 4.15. The molecule has 0 saturated carbocycles. The van der Waals surface area contributed by atoms with E-state index in [0.29, 0.717) is 42.3 Å². The van der Waals surface area contributed by atoms with Crippen LogP contribution < -0.4 is 5.69 Å². The first-order chi connectivity index (χ1) is 14.2. The molecule has 29 heavy (non-hydrogen) atoms. The third kappa shape index (κ3) is 3.18. The number of hydrogen-bond donors (Lipinski definition) is 2. The number of benzene rings is 1. The number of carbonyl (C=O) groups excluding carboxylic acids is 1. The molecule has 3 aromatic heterocycles. The van der Waals surface area contributed by atoms with Gasteiger partial charge in [0.05, 0.1) is 11.9 Å². The molecule has 5 rings (SSSR count). The molecular formula is C19H18N8O2. The van der Waals surface area contributed by atoms with Gasteiger partial charge in [0, 0.05) is 37.2 Å². The Bertz CT molecular complexity index is 1220. The van der Waals surface area contributed by atoms with Gasteiger partial charge in [-0.05, 0) is 6.42 Å². The Morgan fingerprint density at radius 3 is 2.59 bits per heavy atom. The molecule has 0 aliphatic carbocycles. The smallest absolute Gasteiger partial charge is 0.328 e. The van der Waals surface area contributed by atoms with Crippen LogP contribution in [0.15, 0.2) is 41.6 Å². The largest absolute Gasteiger partial charge is 0.341 e. The molecule has 0 unspecified atom stereocenters. The fourth-order valence-corrected chi connectivity index (χ4v) is 3.57. The number of carbonyl (C=O) groups is 1. The van der Waals surface area contributed by atoms with Gasteiger partial charge in [0.1, 0.15) is 6.33 Å². The molecule has 1 fully saturated rings. The fourth-order valence-electron chi connectivity index (χ4n) is 3.57. The SMILES string of the molecule is O=C1CCCN1CCn1c(=O)[nH]c2ncc(-c3ccc(-c4nc[nH]n4)cc3)nc21. The molecular weight excluding hydrogens is 372 g/mol. The van der Waals surface area contributed by atoms with Crippen LogP contribution in [0.3, 0.4) is 0 Å². The van der Waals surface area contributed by atoms with Crippen molar-refractivity contribution < 1.29 is 4.79 Å². The van der Waals surface area contributed by atoms with Crippen LogP contribution >= 0.6 is 0 Å². The van der Waals surface area contributed by atoms with Gasteiger partial charge in [-0.1, -0.05) is 24.3 Å². The van der Waals surface area contributed by atoms with Crippen molar-refractivity contribution in [3.05, 3.63) is 47.3 Å². The van der Waals surface area contributed by atoms with Crippen LogP contribution in [0.25, 0.3) is 33.9 Å². The van der Waals surface area contributed by atoms with Crippen LogP contribution in [0.2, 0.25) is 0 Å². The minimum absolute atomic E-state index is 0.135. The average Bonchev–Trinajstić information content (AvgIpc) is 3.47. The van der Waals surface area contributed by atoms with E-state index in [1.54, 1.807) is 15.7 Å².